The van der Waals surface area contributed by atoms with Gasteiger partial charge in [-0.3, -0.25) is 4.67 Å². The van der Waals surface area contributed by atoms with Gasteiger partial charge < -0.3 is 0 Å². The topological polar surface area (TPSA) is 3.24 Å². The molecule has 0 aliphatic heterocycles. The summed E-state index contributed by atoms with van der Waals surface area (Å²) in [5.74, 6) is 0. The van der Waals surface area contributed by atoms with Crippen LogP contribution in [0.3, 0.4) is 0 Å². The van der Waals surface area contributed by atoms with Crippen LogP contribution in [0.1, 0.15) is 12.8 Å². The lowest BCUT2D eigenvalue weighted by molar-refractivity contribution is 0.530. The predicted molar refractivity (Wildman–Crippen MR) is 54.4 cm³/mol. The lowest BCUT2D eigenvalue weighted by Crippen LogP contribution is -2.10. The standard InChI is InChI=1S/C6H14BrClNP/c1-9(10(2)8)6-4-3-5-7/h3-6H2,1-2H3. The minimum atomic E-state index is -0.388. The molecule has 0 radical (unpaired) electrons. The Labute approximate surface area is 77.8 Å². The molecule has 0 fully saturated rings. The first-order valence-corrected chi connectivity index (χ1v) is 7.12. The monoisotopic (exact) mass is 245 g/mol. The second-order valence-electron chi connectivity index (χ2n) is 2.22. The number of alkyl halides is 1. The third-order valence-corrected chi connectivity index (χ3v) is 3.81. The van der Waals surface area contributed by atoms with E-state index in [-0.39, 0.29) is 7.43 Å². The molecule has 1 unspecified atom stereocenters. The smallest absolute Gasteiger partial charge is 0.0591 e. The summed E-state index contributed by atoms with van der Waals surface area (Å²) < 4.78 is 2.21. The van der Waals surface area contributed by atoms with Crippen LogP contribution in [0, 0.1) is 0 Å². The van der Waals surface area contributed by atoms with Crippen molar-refractivity contribution in [3.63, 3.8) is 0 Å². The highest BCUT2D eigenvalue weighted by atomic mass is 79.9. The molecular weight excluding hydrogens is 232 g/mol. The van der Waals surface area contributed by atoms with Crippen LogP contribution in [0.25, 0.3) is 0 Å². The van der Waals surface area contributed by atoms with Crippen molar-refractivity contribution >= 4 is 34.6 Å². The fourth-order valence-corrected chi connectivity index (χ4v) is 1.61. The Balaban J connectivity index is 3.13. The Bertz CT molecular complexity index is 82.1. The van der Waals surface area contributed by atoms with Crippen LogP contribution in [0.5, 0.6) is 0 Å². The molecule has 0 aromatic carbocycles. The van der Waals surface area contributed by atoms with Gasteiger partial charge >= 0.3 is 0 Å². The van der Waals surface area contributed by atoms with E-state index in [4.69, 9.17) is 11.2 Å². The third kappa shape index (κ3) is 5.91. The third-order valence-electron chi connectivity index (χ3n) is 1.34. The van der Waals surface area contributed by atoms with E-state index in [0.717, 1.165) is 11.9 Å². The molecule has 10 heavy (non-hydrogen) atoms. The maximum absolute atomic E-state index is 5.89. The normalized spacial score (nSPS) is 14.1. The predicted octanol–water partition coefficient (Wildman–Crippen LogP) is 3.27. The van der Waals surface area contributed by atoms with E-state index in [1.165, 1.54) is 12.8 Å². The molecule has 0 heterocycles. The first-order chi connectivity index (χ1) is 4.68. The van der Waals surface area contributed by atoms with E-state index in [1.807, 2.05) is 0 Å². The molecule has 0 aliphatic carbocycles. The molecule has 0 aromatic heterocycles. The van der Waals surface area contributed by atoms with Crippen molar-refractivity contribution in [3.05, 3.63) is 0 Å². The molecule has 0 aromatic rings. The Morgan fingerprint density at radius 1 is 1.50 bits per heavy atom. The largest absolute Gasteiger partial charge is 0.273 e. The SMILES string of the molecule is CN(CCCCBr)P(C)Cl. The molecule has 1 atom stereocenters. The fraction of sp³-hybridized carbons (Fsp3) is 1.00. The van der Waals surface area contributed by atoms with Crippen molar-refractivity contribution < 1.29 is 0 Å². The molecule has 0 saturated carbocycles. The molecule has 0 spiro atoms. The zero-order chi connectivity index (χ0) is 7.98. The van der Waals surface area contributed by atoms with Gasteiger partial charge in [0.15, 0.2) is 0 Å². The van der Waals surface area contributed by atoms with Crippen LogP contribution in [0.2, 0.25) is 0 Å². The average Bonchev–Trinajstić information content (AvgIpc) is 1.88. The summed E-state index contributed by atoms with van der Waals surface area (Å²) >= 11 is 9.28. The zero-order valence-corrected chi connectivity index (χ0v) is 9.72. The van der Waals surface area contributed by atoms with Crippen molar-refractivity contribution in [1.82, 2.24) is 4.67 Å². The van der Waals surface area contributed by atoms with Crippen LogP contribution in [0.4, 0.5) is 0 Å². The number of hydrogen-bond acceptors (Lipinski definition) is 1. The van der Waals surface area contributed by atoms with Crippen LogP contribution >= 0.6 is 34.6 Å². The van der Waals surface area contributed by atoms with Crippen LogP contribution in [-0.4, -0.2) is 30.3 Å². The molecular formula is C6H14BrClNP. The van der Waals surface area contributed by atoms with E-state index in [1.54, 1.807) is 0 Å². The molecule has 4 heteroatoms. The van der Waals surface area contributed by atoms with E-state index >= 15 is 0 Å². The van der Waals surface area contributed by atoms with Crippen LogP contribution in [-0.2, 0) is 0 Å². The molecule has 1 nitrogen and oxygen atoms in total. The van der Waals surface area contributed by atoms with Crippen molar-refractivity contribution in [2.24, 2.45) is 0 Å². The lowest BCUT2D eigenvalue weighted by Gasteiger charge is -2.17. The van der Waals surface area contributed by atoms with Crippen LogP contribution in [0.15, 0.2) is 0 Å². The maximum Gasteiger partial charge on any atom is 0.0591 e. The number of rotatable bonds is 5. The Hall–Kier alpha value is 1.16. The summed E-state index contributed by atoms with van der Waals surface area (Å²) in [4.78, 5) is 0. The highest BCUT2D eigenvalue weighted by Crippen LogP contribution is 2.39. The number of hydrogen-bond donors (Lipinski definition) is 0. The first kappa shape index (κ1) is 11.2. The minimum absolute atomic E-state index is 0.388. The summed E-state index contributed by atoms with van der Waals surface area (Å²) in [6.45, 7) is 3.18. The summed E-state index contributed by atoms with van der Waals surface area (Å²) in [6, 6.07) is 0. The molecule has 0 saturated heterocycles. The van der Waals surface area contributed by atoms with Gasteiger partial charge in [-0.2, -0.15) is 0 Å². The first-order valence-electron chi connectivity index (χ1n) is 3.35. The van der Waals surface area contributed by atoms with Gasteiger partial charge in [0.25, 0.3) is 0 Å². The summed E-state index contributed by atoms with van der Waals surface area (Å²) in [7, 11) is 1.69. The Kier molecular flexibility index (Phi) is 7.64. The molecule has 0 bridgehead atoms. The van der Waals surface area contributed by atoms with Gasteiger partial charge in [-0.05, 0) is 26.6 Å². The van der Waals surface area contributed by atoms with Gasteiger partial charge in [0.2, 0.25) is 0 Å². The van der Waals surface area contributed by atoms with Crippen molar-refractivity contribution in [3.8, 4) is 0 Å². The van der Waals surface area contributed by atoms with Crippen molar-refractivity contribution in [1.29, 1.82) is 0 Å². The Morgan fingerprint density at radius 3 is 2.50 bits per heavy atom. The van der Waals surface area contributed by atoms with E-state index in [9.17, 15) is 0 Å². The number of nitrogens with zero attached hydrogens (tertiary/aromatic N) is 1. The van der Waals surface area contributed by atoms with Gasteiger partial charge in [0.05, 0.1) is 7.43 Å². The Morgan fingerprint density at radius 2 is 2.10 bits per heavy atom. The summed E-state index contributed by atoms with van der Waals surface area (Å²) in [5, 5.41) is 1.10. The van der Waals surface area contributed by atoms with Crippen molar-refractivity contribution in [2.45, 2.75) is 12.8 Å². The highest BCUT2D eigenvalue weighted by molar-refractivity contribution is 9.09. The van der Waals surface area contributed by atoms with E-state index in [2.05, 4.69) is 34.3 Å². The average molecular weight is 247 g/mol. The number of unbranched alkanes of at least 4 members (excludes halogenated alkanes) is 1. The molecule has 0 rings (SSSR count). The fourth-order valence-electron chi connectivity index (χ4n) is 0.573. The highest BCUT2D eigenvalue weighted by Gasteiger charge is 2.02. The quantitative estimate of drug-likeness (QED) is 0.409. The number of halogens is 2. The maximum atomic E-state index is 5.89. The van der Waals surface area contributed by atoms with Gasteiger partial charge in [-0.25, -0.2) is 0 Å². The zero-order valence-electron chi connectivity index (χ0n) is 6.48. The molecule has 62 valence electrons. The molecule has 0 aliphatic rings. The summed E-state index contributed by atoms with van der Waals surface area (Å²) in [6.07, 6.45) is 2.48. The van der Waals surface area contributed by atoms with E-state index in [0.29, 0.717) is 0 Å². The lowest BCUT2D eigenvalue weighted by atomic mass is 10.3. The summed E-state index contributed by atoms with van der Waals surface area (Å²) in [5.41, 5.74) is 0. The van der Waals surface area contributed by atoms with Gasteiger partial charge in [0, 0.05) is 11.9 Å². The van der Waals surface area contributed by atoms with Gasteiger partial charge in [-0.1, -0.05) is 27.2 Å². The second kappa shape index (κ2) is 6.84. The second-order valence-corrected chi connectivity index (χ2v) is 6.05. The molecule has 0 amide bonds. The van der Waals surface area contributed by atoms with Gasteiger partial charge in [0.1, 0.15) is 0 Å². The van der Waals surface area contributed by atoms with Crippen LogP contribution < -0.4 is 0 Å². The van der Waals surface area contributed by atoms with Gasteiger partial charge in [-0.15, -0.1) is 0 Å². The minimum Gasteiger partial charge on any atom is -0.273 e. The molecule has 0 N–H and O–H groups in total. The van der Waals surface area contributed by atoms with Crippen molar-refractivity contribution in [2.75, 3.05) is 25.6 Å². The van der Waals surface area contributed by atoms with E-state index < -0.39 is 0 Å².